The molecule has 2 atom stereocenters. The van der Waals surface area contributed by atoms with Crippen molar-refractivity contribution in [3.63, 3.8) is 0 Å². The molecule has 0 radical (unpaired) electrons. The minimum Gasteiger partial charge on any atom is -0.512 e. The standard InChI is InChI=1S/C27H30FN3O2/c1-4-8-22-24(26(33)29-20-15-16-27(2,3)23(32)17-20)25(18-11-13-19(28)14-12-18)30-31(22)21-9-6-5-7-10-21/h5-7,9-15,17,22,24,32H,4,8,16H2,1-3H3,(H,29,33). The molecule has 1 aliphatic heterocycles. The van der Waals surface area contributed by atoms with Gasteiger partial charge in [-0.3, -0.25) is 9.80 Å². The average Bonchev–Trinajstić information content (AvgIpc) is 3.17. The van der Waals surface area contributed by atoms with E-state index in [0.717, 1.165) is 18.5 Å². The van der Waals surface area contributed by atoms with Gasteiger partial charge in [0.25, 0.3) is 0 Å². The number of hydrogen-bond donors (Lipinski definition) is 2. The van der Waals surface area contributed by atoms with Crippen molar-refractivity contribution in [1.82, 2.24) is 5.32 Å². The number of hydrogen-bond acceptors (Lipinski definition) is 4. The van der Waals surface area contributed by atoms with E-state index in [-0.39, 0.29) is 28.9 Å². The lowest BCUT2D eigenvalue weighted by atomic mass is 9.83. The number of para-hydroxylation sites is 1. The monoisotopic (exact) mass is 447 g/mol. The zero-order chi connectivity index (χ0) is 23.6. The lowest BCUT2D eigenvalue weighted by Crippen LogP contribution is -2.43. The number of aliphatic hydroxyl groups excluding tert-OH is 1. The second-order valence-electron chi connectivity index (χ2n) is 9.27. The molecule has 4 rings (SSSR count). The fourth-order valence-corrected chi connectivity index (χ4v) is 4.33. The predicted molar refractivity (Wildman–Crippen MR) is 129 cm³/mol. The van der Waals surface area contributed by atoms with Crippen molar-refractivity contribution in [2.24, 2.45) is 16.4 Å². The third-order valence-electron chi connectivity index (χ3n) is 6.32. The summed E-state index contributed by atoms with van der Waals surface area (Å²) in [5.41, 5.74) is 2.47. The van der Waals surface area contributed by atoms with Gasteiger partial charge in [0.15, 0.2) is 0 Å². The van der Waals surface area contributed by atoms with Crippen LogP contribution >= 0.6 is 0 Å². The first kappa shape index (κ1) is 22.8. The van der Waals surface area contributed by atoms with Gasteiger partial charge in [-0.15, -0.1) is 0 Å². The van der Waals surface area contributed by atoms with E-state index in [1.165, 1.54) is 12.1 Å². The smallest absolute Gasteiger partial charge is 0.235 e. The molecule has 0 bridgehead atoms. The van der Waals surface area contributed by atoms with E-state index in [1.54, 1.807) is 18.2 Å². The fourth-order valence-electron chi connectivity index (χ4n) is 4.33. The number of anilines is 1. The van der Waals surface area contributed by atoms with Crippen molar-refractivity contribution in [2.75, 3.05) is 5.01 Å². The second-order valence-corrected chi connectivity index (χ2v) is 9.27. The van der Waals surface area contributed by atoms with E-state index in [0.29, 0.717) is 23.4 Å². The van der Waals surface area contributed by atoms with E-state index in [2.05, 4.69) is 12.2 Å². The molecule has 5 nitrogen and oxygen atoms in total. The van der Waals surface area contributed by atoms with Gasteiger partial charge in [0.2, 0.25) is 5.91 Å². The van der Waals surface area contributed by atoms with Gasteiger partial charge in [-0.05, 0) is 48.7 Å². The molecular formula is C27H30FN3O2. The molecule has 6 heteroatoms. The summed E-state index contributed by atoms with van der Waals surface area (Å²) in [5.74, 6) is -0.832. The molecule has 2 unspecified atom stereocenters. The van der Waals surface area contributed by atoms with Gasteiger partial charge < -0.3 is 10.4 Å². The molecule has 0 saturated heterocycles. The van der Waals surface area contributed by atoms with E-state index < -0.39 is 5.92 Å². The molecule has 1 amide bonds. The Bertz CT molecular complexity index is 1100. The molecule has 2 N–H and O–H groups in total. The third kappa shape index (κ3) is 4.70. The Morgan fingerprint density at radius 1 is 1.18 bits per heavy atom. The van der Waals surface area contributed by atoms with Crippen molar-refractivity contribution < 1.29 is 14.3 Å². The van der Waals surface area contributed by atoms with Crippen molar-refractivity contribution in [3.8, 4) is 0 Å². The van der Waals surface area contributed by atoms with Gasteiger partial charge in [0, 0.05) is 11.1 Å². The van der Waals surface area contributed by atoms with Crippen LogP contribution < -0.4 is 10.3 Å². The molecule has 172 valence electrons. The molecule has 0 fully saturated rings. The number of allylic oxidation sites excluding steroid dienone is 3. The summed E-state index contributed by atoms with van der Waals surface area (Å²) in [7, 11) is 0. The number of nitrogens with zero attached hydrogens (tertiary/aromatic N) is 2. The number of rotatable bonds is 6. The second kappa shape index (κ2) is 9.22. The summed E-state index contributed by atoms with van der Waals surface area (Å²) < 4.78 is 13.6. The summed E-state index contributed by atoms with van der Waals surface area (Å²) in [4.78, 5) is 13.6. The molecule has 1 aliphatic carbocycles. The van der Waals surface area contributed by atoms with Gasteiger partial charge in [0.05, 0.1) is 17.4 Å². The normalized spacial score (nSPS) is 21.8. The van der Waals surface area contributed by atoms with Crippen LogP contribution in [0, 0.1) is 17.2 Å². The number of nitrogens with one attached hydrogen (secondary N) is 1. The van der Waals surface area contributed by atoms with Crippen LogP contribution in [-0.2, 0) is 4.79 Å². The molecule has 0 spiro atoms. The summed E-state index contributed by atoms with van der Waals surface area (Å²) in [5, 5.41) is 20.2. The van der Waals surface area contributed by atoms with Gasteiger partial charge in [-0.2, -0.15) is 5.10 Å². The maximum atomic E-state index is 13.6. The van der Waals surface area contributed by atoms with Gasteiger partial charge in [-0.25, -0.2) is 4.39 Å². The maximum absolute atomic E-state index is 13.6. The molecule has 2 aliphatic rings. The summed E-state index contributed by atoms with van der Waals surface area (Å²) in [6.45, 7) is 6.00. The van der Waals surface area contributed by atoms with Crippen LogP contribution in [0.4, 0.5) is 10.1 Å². The van der Waals surface area contributed by atoms with Gasteiger partial charge >= 0.3 is 0 Å². The predicted octanol–water partition coefficient (Wildman–Crippen LogP) is 5.71. The van der Waals surface area contributed by atoms with Crippen molar-refractivity contribution >= 4 is 17.3 Å². The molecule has 0 aromatic heterocycles. The Hall–Kier alpha value is -3.41. The first-order chi connectivity index (χ1) is 15.8. The number of hydrazone groups is 1. The number of halogens is 1. The Morgan fingerprint density at radius 3 is 2.52 bits per heavy atom. The zero-order valence-electron chi connectivity index (χ0n) is 19.3. The Labute approximate surface area is 194 Å². The number of carbonyl (C=O) groups is 1. The third-order valence-corrected chi connectivity index (χ3v) is 6.32. The zero-order valence-corrected chi connectivity index (χ0v) is 19.3. The van der Waals surface area contributed by atoms with Crippen molar-refractivity contribution in [3.05, 3.63) is 89.6 Å². The molecule has 2 aromatic rings. The van der Waals surface area contributed by atoms with Crippen LogP contribution in [0.15, 0.2) is 83.3 Å². The number of aliphatic hydroxyl groups is 1. The molecule has 2 aromatic carbocycles. The van der Waals surface area contributed by atoms with Crippen molar-refractivity contribution in [2.45, 2.75) is 46.1 Å². The van der Waals surface area contributed by atoms with E-state index in [9.17, 15) is 14.3 Å². The van der Waals surface area contributed by atoms with Crippen LogP contribution in [0.3, 0.4) is 0 Å². The van der Waals surface area contributed by atoms with E-state index in [1.807, 2.05) is 55.3 Å². The highest BCUT2D eigenvalue weighted by Gasteiger charge is 2.43. The van der Waals surface area contributed by atoms with Crippen LogP contribution in [0.25, 0.3) is 0 Å². The Kier molecular flexibility index (Phi) is 6.36. The minimum absolute atomic E-state index is 0.185. The van der Waals surface area contributed by atoms with Crippen molar-refractivity contribution in [1.29, 1.82) is 0 Å². The summed E-state index contributed by atoms with van der Waals surface area (Å²) in [6.07, 6.45) is 5.82. The minimum atomic E-state index is -0.554. The van der Waals surface area contributed by atoms with Crippen LogP contribution in [0.5, 0.6) is 0 Å². The highest BCUT2D eigenvalue weighted by molar-refractivity contribution is 6.16. The van der Waals surface area contributed by atoms with Crippen LogP contribution in [0.2, 0.25) is 0 Å². The number of carbonyl (C=O) groups excluding carboxylic acids is 1. The van der Waals surface area contributed by atoms with E-state index in [4.69, 9.17) is 5.10 Å². The first-order valence-electron chi connectivity index (χ1n) is 11.4. The average molecular weight is 448 g/mol. The highest BCUT2D eigenvalue weighted by atomic mass is 19.1. The quantitative estimate of drug-likeness (QED) is 0.596. The Morgan fingerprint density at radius 2 is 1.88 bits per heavy atom. The summed E-state index contributed by atoms with van der Waals surface area (Å²) >= 11 is 0. The first-order valence-corrected chi connectivity index (χ1v) is 11.4. The molecule has 33 heavy (non-hydrogen) atoms. The fraction of sp³-hybridized carbons (Fsp3) is 0.333. The van der Waals surface area contributed by atoms with Gasteiger partial charge in [0.1, 0.15) is 17.5 Å². The molecule has 1 heterocycles. The van der Waals surface area contributed by atoms with Crippen LogP contribution in [-0.4, -0.2) is 22.8 Å². The van der Waals surface area contributed by atoms with Gasteiger partial charge in [-0.1, -0.05) is 63.6 Å². The topological polar surface area (TPSA) is 64.9 Å². The SMILES string of the molecule is CCCC1C(C(=O)NC2=CCC(C)(C)C(O)=C2)C(c2ccc(F)cc2)=NN1c1ccccc1. The molecule has 0 saturated carbocycles. The highest BCUT2D eigenvalue weighted by Crippen LogP contribution is 2.35. The number of benzene rings is 2. The molecular weight excluding hydrogens is 417 g/mol. The van der Waals surface area contributed by atoms with E-state index >= 15 is 0 Å². The maximum Gasteiger partial charge on any atom is 0.235 e. The number of amides is 1. The summed E-state index contributed by atoms with van der Waals surface area (Å²) in [6, 6.07) is 15.7. The lowest BCUT2D eigenvalue weighted by molar-refractivity contribution is -0.122. The Balaban J connectivity index is 1.71. The van der Waals surface area contributed by atoms with Crippen LogP contribution in [0.1, 0.15) is 45.6 Å². The largest absolute Gasteiger partial charge is 0.512 e. The lowest BCUT2D eigenvalue weighted by Gasteiger charge is -2.29.